The molecule has 3 rings (SSSR count). The Morgan fingerprint density at radius 1 is 1.21 bits per heavy atom. The first-order valence-corrected chi connectivity index (χ1v) is 12.6. The predicted molar refractivity (Wildman–Crippen MR) is 103 cm³/mol. The maximum atomic E-state index is 13.3. The smallest absolute Gasteiger partial charge is 0.323 e. The summed E-state index contributed by atoms with van der Waals surface area (Å²) >= 11 is 0. The average molecular weight is 411 g/mol. The fourth-order valence-corrected chi connectivity index (χ4v) is 5.52. The van der Waals surface area contributed by atoms with E-state index in [9.17, 15) is 14.4 Å². The molecule has 1 saturated carbocycles. The molecule has 1 heterocycles. The minimum Gasteiger partial charge on any atom is -0.468 e. The largest absolute Gasteiger partial charge is 0.468 e. The Balaban J connectivity index is 2.18. The molecule has 3 unspecified atom stereocenters. The minimum absolute atomic E-state index is 0.0596. The summed E-state index contributed by atoms with van der Waals surface area (Å²) < 4.78 is 23.3. The summed E-state index contributed by atoms with van der Waals surface area (Å²) in [4.78, 5) is 39.5. The molecule has 8 heteroatoms. The first-order valence-electron chi connectivity index (χ1n) is 9.72. The van der Waals surface area contributed by atoms with Crippen molar-refractivity contribution in [3.05, 3.63) is 12.2 Å². The number of ketones is 2. The van der Waals surface area contributed by atoms with Crippen LogP contribution in [0.15, 0.2) is 12.2 Å². The summed E-state index contributed by atoms with van der Waals surface area (Å²) in [6, 6.07) is 0. The van der Waals surface area contributed by atoms with E-state index < -0.39 is 37.5 Å². The predicted octanol–water partition coefficient (Wildman–Crippen LogP) is 2.40. The van der Waals surface area contributed by atoms with Gasteiger partial charge in [-0.2, -0.15) is 0 Å². The van der Waals surface area contributed by atoms with Crippen molar-refractivity contribution >= 4 is 25.9 Å². The molecule has 0 aromatic rings. The van der Waals surface area contributed by atoms with Gasteiger partial charge < -0.3 is 18.6 Å². The van der Waals surface area contributed by atoms with Crippen molar-refractivity contribution in [3.8, 4) is 0 Å². The molecule has 156 valence electrons. The molecule has 28 heavy (non-hydrogen) atoms. The maximum absolute atomic E-state index is 13.3. The van der Waals surface area contributed by atoms with E-state index >= 15 is 0 Å². The van der Waals surface area contributed by atoms with Crippen LogP contribution in [0.3, 0.4) is 0 Å². The number of Topliss-reactive ketones (excluding diaryl/α,β-unsaturated/α-hetero) is 1. The van der Waals surface area contributed by atoms with Gasteiger partial charge in [0.05, 0.1) is 26.4 Å². The lowest BCUT2D eigenvalue weighted by molar-refractivity contribution is -0.244. The van der Waals surface area contributed by atoms with Gasteiger partial charge in [-0.25, -0.2) is 0 Å². The summed E-state index contributed by atoms with van der Waals surface area (Å²) in [7, 11) is -1.15. The Kier molecular flexibility index (Phi) is 5.23. The van der Waals surface area contributed by atoms with E-state index in [2.05, 4.69) is 20.8 Å². The summed E-state index contributed by atoms with van der Waals surface area (Å²) in [6.07, 6.45) is 2.34. The topological polar surface area (TPSA) is 88.1 Å². The van der Waals surface area contributed by atoms with Crippen molar-refractivity contribution in [2.45, 2.75) is 63.6 Å². The van der Waals surface area contributed by atoms with Crippen molar-refractivity contribution in [1.82, 2.24) is 0 Å². The highest BCUT2D eigenvalue weighted by Gasteiger charge is 2.72. The molecular formula is C20H30O7Si. The van der Waals surface area contributed by atoms with Gasteiger partial charge in [-0.3, -0.25) is 14.4 Å². The molecule has 0 amide bonds. The van der Waals surface area contributed by atoms with Crippen molar-refractivity contribution < 1.29 is 33.0 Å². The quantitative estimate of drug-likeness (QED) is 0.401. The Bertz CT molecular complexity index is 705. The molecule has 7 nitrogen and oxygen atoms in total. The van der Waals surface area contributed by atoms with Crippen molar-refractivity contribution in [3.63, 3.8) is 0 Å². The summed E-state index contributed by atoms with van der Waals surface area (Å²) in [6.45, 7) is 10.9. The maximum Gasteiger partial charge on any atom is 0.323 e. The Hall–Kier alpha value is -1.35. The van der Waals surface area contributed by atoms with Gasteiger partial charge in [-0.15, -0.1) is 0 Å². The zero-order valence-electron chi connectivity index (χ0n) is 17.5. The third-order valence-electron chi connectivity index (χ3n) is 6.75. The lowest BCUT2D eigenvalue weighted by Gasteiger charge is -2.53. The number of methoxy groups -OCH3 is 1. The number of carbonyl (C=O) groups is 3. The molecule has 3 aliphatic rings. The number of allylic oxidation sites excluding steroid dienone is 1. The summed E-state index contributed by atoms with van der Waals surface area (Å²) in [5.41, 5.74) is -1.79. The average Bonchev–Trinajstić information content (AvgIpc) is 3.07. The second-order valence-electron chi connectivity index (χ2n) is 9.29. The summed E-state index contributed by atoms with van der Waals surface area (Å²) in [5.74, 6) is -3.89. The van der Waals surface area contributed by atoms with Gasteiger partial charge in [-0.1, -0.05) is 26.8 Å². The van der Waals surface area contributed by atoms with Crippen LogP contribution in [0.1, 0.15) is 33.6 Å². The molecule has 1 spiro atoms. The van der Waals surface area contributed by atoms with Crippen LogP contribution in [-0.4, -0.2) is 58.1 Å². The highest BCUT2D eigenvalue weighted by molar-refractivity contribution is 6.74. The molecule has 0 radical (unpaired) electrons. The van der Waals surface area contributed by atoms with Gasteiger partial charge >= 0.3 is 5.97 Å². The number of esters is 1. The van der Waals surface area contributed by atoms with Crippen LogP contribution in [0.4, 0.5) is 0 Å². The van der Waals surface area contributed by atoms with E-state index in [1.165, 1.54) is 13.2 Å². The monoisotopic (exact) mass is 410 g/mol. The lowest BCUT2D eigenvalue weighted by atomic mass is 9.56. The minimum atomic E-state index is -2.38. The molecule has 3 atom stereocenters. The Labute approximate surface area is 166 Å². The van der Waals surface area contributed by atoms with E-state index in [1.54, 1.807) is 6.08 Å². The number of hydrogen-bond acceptors (Lipinski definition) is 7. The van der Waals surface area contributed by atoms with Crippen LogP contribution in [0, 0.1) is 11.3 Å². The van der Waals surface area contributed by atoms with E-state index in [0.717, 1.165) is 0 Å². The lowest BCUT2D eigenvalue weighted by Crippen LogP contribution is -2.69. The number of fused-ring (bicyclic) bond motifs is 2. The van der Waals surface area contributed by atoms with Gasteiger partial charge in [-0.05, 0) is 24.2 Å². The van der Waals surface area contributed by atoms with Gasteiger partial charge in [0.2, 0.25) is 0 Å². The molecule has 0 bridgehead atoms. The number of hydrogen-bond donors (Lipinski definition) is 0. The first-order chi connectivity index (χ1) is 12.9. The van der Waals surface area contributed by atoms with E-state index in [-0.39, 0.29) is 29.4 Å². The SMILES string of the molecule is COC(=O)C12C(=O)CCC3(OCCO3)C1C(=O)C=CC2O[Si](C)(C)C(C)(C)C. The number of rotatable bonds is 3. The van der Waals surface area contributed by atoms with Crippen LogP contribution >= 0.6 is 0 Å². The van der Waals surface area contributed by atoms with E-state index in [0.29, 0.717) is 13.2 Å². The van der Waals surface area contributed by atoms with E-state index in [4.69, 9.17) is 18.6 Å². The van der Waals surface area contributed by atoms with Crippen LogP contribution in [0.2, 0.25) is 18.1 Å². The molecule has 1 aliphatic heterocycles. The third-order valence-corrected chi connectivity index (χ3v) is 11.2. The highest BCUT2D eigenvalue weighted by Crippen LogP contribution is 2.55. The van der Waals surface area contributed by atoms with Crippen LogP contribution < -0.4 is 0 Å². The molecule has 0 aromatic heterocycles. The second-order valence-corrected chi connectivity index (χ2v) is 14.0. The van der Waals surface area contributed by atoms with Crippen molar-refractivity contribution in [1.29, 1.82) is 0 Å². The molecular weight excluding hydrogens is 380 g/mol. The molecule has 1 saturated heterocycles. The van der Waals surface area contributed by atoms with Crippen molar-refractivity contribution in [2.24, 2.45) is 11.3 Å². The normalized spacial score (nSPS) is 32.5. The van der Waals surface area contributed by atoms with Crippen molar-refractivity contribution in [2.75, 3.05) is 20.3 Å². The zero-order valence-corrected chi connectivity index (χ0v) is 18.5. The third kappa shape index (κ3) is 2.92. The fraction of sp³-hybridized carbons (Fsp3) is 0.750. The highest BCUT2D eigenvalue weighted by atomic mass is 28.4. The van der Waals surface area contributed by atoms with Gasteiger partial charge in [0.1, 0.15) is 5.92 Å². The van der Waals surface area contributed by atoms with Crippen LogP contribution in [-0.2, 0) is 33.0 Å². The molecule has 2 aliphatic carbocycles. The van der Waals surface area contributed by atoms with Gasteiger partial charge in [0, 0.05) is 12.8 Å². The van der Waals surface area contributed by atoms with Gasteiger partial charge in [0.25, 0.3) is 0 Å². The van der Waals surface area contributed by atoms with Crippen LogP contribution in [0.25, 0.3) is 0 Å². The number of ether oxygens (including phenoxy) is 3. The molecule has 0 N–H and O–H groups in total. The fourth-order valence-electron chi connectivity index (χ4n) is 4.27. The Morgan fingerprint density at radius 3 is 2.36 bits per heavy atom. The second kappa shape index (κ2) is 6.86. The standard InChI is InChI=1S/C20H30O7Si/c1-18(2,3)28(5,6)27-15-8-7-13(21)16-19(25-11-12-26-19)10-9-14(22)20(15,16)17(23)24-4/h7-8,15-16H,9-12H2,1-6H3. The molecule has 0 aromatic carbocycles. The zero-order chi connectivity index (χ0) is 21.0. The molecule has 2 fully saturated rings. The summed E-state index contributed by atoms with van der Waals surface area (Å²) in [5, 5.41) is -0.148. The van der Waals surface area contributed by atoms with Crippen LogP contribution in [0.5, 0.6) is 0 Å². The van der Waals surface area contributed by atoms with E-state index in [1.807, 2.05) is 13.1 Å². The Morgan fingerprint density at radius 2 is 1.82 bits per heavy atom. The first kappa shape index (κ1) is 21.4. The van der Waals surface area contributed by atoms with Gasteiger partial charge in [0.15, 0.2) is 31.1 Å². The number of carbonyl (C=O) groups excluding carboxylic acids is 3.